The maximum Gasteiger partial charge on any atom is 0.130 e. The molecule has 29 heavy (non-hydrogen) atoms. The number of rotatable bonds is 16. The first-order valence-electron chi connectivity index (χ1n) is 12.2. The van der Waals surface area contributed by atoms with Crippen LogP contribution < -0.4 is 4.74 Å². The molecule has 0 aliphatic carbocycles. The average Bonchev–Trinajstić information content (AvgIpc) is 2.75. The predicted molar refractivity (Wildman–Crippen MR) is 127 cm³/mol. The highest BCUT2D eigenvalue weighted by molar-refractivity contribution is 5.40. The standard InChI is InChI=1S/C28H42O/c1-3-5-7-9-11-14-18-25-22-23-28(29-27-20-16-13-17-21-27)26(24-25)19-15-12-10-8-6-4-2/h13,16-17,20-24H,3-12,14-15,18-19H2,1-2H3. The van der Waals surface area contributed by atoms with E-state index >= 15 is 0 Å². The molecule has 0 aromatic heterocycles. The summed E-state index contributed by atoms with van der Waals surface area (Å²) in [5, 5.41) is 0. The van der Waals surface area contributed by atoms with Crippen molar-refractivity contribution in [3.63, 3.8) is 0 Å². The van der Waals surface area contributed by atoms with Crippen LogP contribution in [-0.4, -0.2) is 0 Å². The maximum atomic E-state index is 6.23. The van der Waals surface area contributed by atoms with Crippen molar-refractivity contribution in [1.82, 2.24) is 0 Å². The highest BCUT2D eigenvalue weighted by Crippen LogP contribution is 2.28. The van der Waals surface area contributed by atoms with Gasteiger partial charge < -0.3 is 4.74 Å². The third kappa shape index (κ3) is 10.0. The first-order chi connectivity index (χ1) is 14.3. The van der Waals surface area contributed by atoms with Crippen LogP contribution in [0.1, 0.15) is 102 Å². The van der Waals surface area contributed by atoms with Crippen LogP contribution in [0.25, 0.3) is 0 Å². The molecule has 0 unspecified atom stereocenters. The largest absolute Gasteiger partial charge is 0.457 e. The van der Waals surface area contributed by atoms with Gasteiger partial charge in [-0.25, -0.2) is 0 Å². The fourth-order valence-corrected chi connectivity index (χ4v) is 3.90. The van der Waals surface area contributed by atoms with Gasteiger partial charge in [0, 0.05) is 0 Å². The van der Waals surface area contributed by atoms with Crippen molar-refractivity contribution in [2.24, 2.45) is 0 Å². The summed E-state index contributed by atoms with van der Waals surface area (Å²) in [6.45, 7) is 4.56. The Morgan fingerprint density at radius 2 is 1.17 bits per heavy atom. The lowest BCUT2D eigenvalue weighted by atomic mass is 9.99. The molecular formula is C28H42O. The quantitative estimate of drug-likeness (QED) is 0.258. The van der Waals surface area contributed by atoms with Crippen LogP contribution in [0.15, 0.2) is 48.5 Å². The molecule has 160 valence electrons. The van der Waals surface area contributed by atoms with Crippen molar-refractivity contribution in [1.29, 1.82) is 0 Å². The minimum atomic E-state index is 0.931. The summed E-state index contributed by atoms with van der Waals surface area (Å²) in [6.07, 6.45) is 18.5. The Morgan fingerprint density at radius 1 is 0.586 bits per heavy atom. The van der Waals surface area contributed by atoms with E-state index in [-0.39, 0.29) is 0 Å². The van der Waals surface area contributed by atoms with Gasteiger partial charge in [0.05, 0.1) is 0 Å². The molecule has 1 nitrogen and oxygen atoms in total. The van der Waals surface area contributed by atoms with Crippen molar-refractivity contribution in [2.75, 3.05) is 0 Å². The van der Waals surface area contributed by atoms with Gasteiger partial charge in [0.1, 0.15) is 11.5 Å². The normalized spacial score (nSPS) is 11.0. The van der Waals surface area contributed by atoms with Crippen LogP contribution in [0.4, 0.5) is 0 Å². The van der Waals surface area contributed by atoms with E-state index in [1.807, 2.05) is 30.3 Å². The molecule has 0 saturated carbocycles. The molecule has 0 spiro atoms. The van der Waals surface area contributed by atoms with Gasteiger partial charge in [-0.15, -0.1) is 0 Å². The maximum absolute atomic E-state index is 6.23. The number of aryl methyl sites for hydroxylation is 2. The summed E-state index contributed by atoms with van der Waals surface area (Å²) in [6, 6.07) is 17.1. The third-order valence-corrected chi connectivity index (χ3v) is 5.71. The Hall–Kier alpha value is -1.76. The van der Waals surface area contributed by atoms with Gasteiger partial charge in [0.15, 0.2) is 0 Å². The summed E-state index contributed by atoms with van der Waals surface area (Å²) in [5.41, 5.74) is 2.86. The third-order valence-electron chi connectivity index (χ3n) is 5.71. The SMILES string of the molecule is CCCCCCCCc1ccc(Oc2ccccc2)c(CCCCCCCC)c1. The number of hydrogen-bond acceptors (Lipinski definition) is 1. The number of ether oxygens (including phenoxy) is 1. The first kappa shape index (κ1) is 23.5. The van der Waals surface area contributed by atoms with Gasteiger partial charge >= 0.3 is 0 Å². The predicted octanol–water partition coefficient (Wildman–Crippen LogP) is 9.28. The second kappa shape index (κ2) is 15.1. The van der Waals surface area contributed by atoms with Crippen molar-refractivity contribution >= 4 is 0 Å². The molecule has 0 N–H and O–H groups in total. The zero-order valence-electron chi connectivity index (χ0n) is 18.9. The Labute approximate surface area is 179 Å². The van der Waals surface area contributed by atoms with E-state index in [1.54, 1.807) is 0 Å². The van der Waals surface area contributed by atoms with E-state index in [0.717, 1.165) is 17.9 Å². The highest BCUT2D eigenvalue weighted by Gasteiger charge is 2.07. The van der Waals surface area contributed by atoms with E-state index in [0.29, 0.717) is 0 Å². The van der Waals surface area contributed by atoms with Crippen LogP contribution in [-0.2, 0) is 12.8 Å². The second-order valence-corrected chi connectivity index (χ2v) is 8.39. The molecular weight excluding hydrogens is 352 g/mol. The molecule has 0 aliphatic rings. The number of para-hydroxylation sites is 1. The minimum absolute atomic E-state index is 0.931. The lowest BCUT2D eigenvalue weighted by molar-refractivity contribution is 0.473. The van der Waals surface area contributed by atoms with Gasteiger partial charge in [-0.3, -0.25) is 0 Å². The van der Waals surface area contributed by atoms with E-state index in [2.05, 4.69) is 32.0 Å². The minimum Gasteiger partial charge on any atom is -0.457 e. The van der Waals surface area contributed by atoms with Crippen LogP contribution >= 0.6 is 0 Å². The van der Waals surface area contributed by atoms with Gasteiger partial charge in [-0.2, -0.15) is 0 Å². The molecule has 0 fully saturated rings. The molecule has 0 heterocycles. The van der Waals surface area contributed by atoms with Gasteiger partial charge in [-0.1, -0.05) is 108 Å². The Balaban J connectivity index is 1.91. The summed E-state index contributed by atoms with van der Waals surface area (Å²) >= 11 is 0. The van der Waals surface area contributed by atoms with E-state index in [9.17, 15) is 0 Å². The van der Waals surface area contributed by atoms with E-state index < -0.39 is 0 Å². The summed E-state index contributed by atoms with van der Waals surface area (Å²) in [5.74, 6) is 1.97. The molecule has 2 aromatic rings. The summed E-state index contributed by atoms with van der Waals surface area (Å²) in [7, 11) is 0. The van der Waals surface area contributed by atoms with Crippen LogP contribution in [0, 0.1) is 0 Å². The van der Waals surface area contributed by atoms with Crippen LogP contribution in [0.2, 0.25) is 0 Å². The zero-order chi connectivity index (χ0) is 20.6. The monoisotopic (exact) mass is 394 g/mol. The smallest absolute Gasteiger partial charge is 0.130 e. The summed E-state index contributed by atoms with van der Waals surface area (Å²) < 4.78 is 6.23. The Morgan fingerprint density at radius 3 is 1.83 bits per heavy atom. The van der Waals surface area contributed by atoms with Crippen molar-refractivity contribution < 1.29 is 4.74 Å². The zero-order valence-corrected chi connectivity index (χ0v) is 18.9. The van der Waals surface area contributed by atoms with Gasteiger partial charge in [0.2, 0.25) is 0 Å². The molecule has 0 radical (unpaired) electrons. The fraction of sp³-hybridized carbons (Fsp3) is 0.571. The van der Waals surface area contributed by atoms with Crippen molar-refractivity contribution in [3.05, 3.63) is 59.7 Å². The molecule has 0 bridgehead atoms. The van der Waals surface area contributed by atoms with Crippen molar-refractivity contribution in [2.45, 2.75) is 104 Å². The summed E-state index contributed by atoms with van der Waals surface area (Å²) in [4.78, 5) is 0. The highest BCUT2D eigenvalue weighted by atomic mass is 16.5. The Bertz CT molecular complexity index is 647. The molecule has 0 atom stereocenters. The number of benzene rings is 2. The molecule has 0 saturated heterocycles. The molecule has 2 rings (SSSR count). The molecule has 0 amide bonds. The lowest BCUT2D eigenvalue weighted by Crippen LogP contribution is -1.96. The molecule has 1 heteroatoms. The fourth-order valence-electron chi connectivity index (χ4n) is 3.90. The number of unbranched alkanes of at least 4 members (excludes halogenated alkanes) is 10. The second-order valence-electron chi connectivity index (χ2n) is 8.39. The van der Waals surface area contributed by atoms with Crippen LogP contribution in [0.5, 0.6) is 11.5 Å². The Kier molecular flexibility index (Phi) is 12.3. The van der Waals surface area contributed by atoms with Gasteiger partial charge in [0.25, 0.3) is 0 Å². The first-order valence-corrected chi connectivity index (χ1v) is 12.2. The molecule has 0 aliphatic heterocycles. The van der Waals surface area contributed by atoms with Crippen LogP contribution in [0.3, 0.4) is 0 Å². The van der Waals surface area contributed by atoms with Crippen molar-refractivity contribution in [3.8, 4) is 11.5 Å². The topological polar surface area (TPSA) is 9.23 Å². The van der Waals surface area contributed by atoms with E-state index in [4.69, 9.17) is 4.74 Å². The lowest BCUT2D eigenvalue weighted by Gasteiger charge is -2.13. The van der Waals surface area contributed by atoms with E-state index in [1.165, 1.54) is 94.6 Å². The van der Waals surface area contributed by atoms with Gasteiger partial charge in [-0.05, 0) is 55.0 Å². The number of hydrogen-bond donors (Lipinski definition) is 0. The average molecular weight is 395 g/mol. The molecule has 2 aromatic carbocycles.